The summed E-state index contributed by atoms with van der Waals surface area (Å²) in [5, 5.41) is 0. The van der Waals surface area contributed by atoms with E-state index in [1.807, 2.05) is 0 Å². The van der Waals surface area contributed by atoms with E-state index in [0.717, 1.165) is 0 Å². The Kier molecular flexibility index (Phi) is 6.23. The molecule has 0 aromatic carbocycles. The van der Waals surface area contributed by atoms with Crippen molar-refractivity contribution in [2.75, 3.05) is 19.8 Å². The molecule has 20 heavy (non-hydrogen) atoms. The largest absolute Gasteiger partial charge is 0.508 e. The van der Waals surface area contributed by atoms with E-state index in [9.17, 15) is 14.4 Å². The van der Waals surface area contributed by atoms with Crippen LogP contribution in [-0.4, -0.2) is 56.2 Å². The molecule has 3 unspecified atom stereocenters. The van der Waals surface area contributed by atoms with Gasteiger partial charge in [0.15, 0.2) is 12.2 Å². The molecule has 1 heterocycles. The third-order valence-electron chi connectivity index (χ3n) is 2.45. The molecule has 1 aliphatic heterocycles. The molecule has 8 heteroatoms. The molecule has 1 aliphatic rings. The van der Waals surface area contributed by atoms with Crippen LogP contribution < -0.4 is 0 Å². The third-order valence-corrected chi connectivity index (χ3v) is 2.45. The first kappa shape index (κ1) is 16.2. The molecule has 0 aliphatic carbocycles. The van der Waals surface area contributed by atoms with Crippen LogP contribution in [-0.2, 0) is 33.3 Å². The lowest BCUT2D eigenvalue weighted by Crippen LogP contribution is -2.39. The number of ether oxygens (including phenoxy) is 5. The molecule has 3 atom stereocenters. The highest BCUT2D eigenvalue weighted by molar-refractivity contribution is 5.67. The lowest BCUT2D eigenvalue weighted by molar-refractivity contribution is -0.163. The van der Waals surface area contributed by atoms with Gasteiger partial charge >= 0.3 is 18.1 Å². The number of carbonyl (C=O) groups is 3. The second-order valence-electron chi connectivity index (χ2n) is 4.09. The van der Waals surface area contributed by atoms with Gasteiger partial charge in [0.1, 0.15) is 12.7 Å². The highest BCUT2D eigenvalue weighted by Gasteiger charge is 2.42. The summed E-state index contributed by atoms with van der Waals surface area (Å²) in [6, 6.07) is 0. The maximum Gasteiger partial charge on any atom is 0.508 e. The van der Waals surface area contributed by atoms with E-state index in [0.29, 0.717) is 0 Å². The molecule has 0 aromatic heterocycles. The number of hydrogen-bond donors (Lipinski definition) is 0. The topological polar surface area (TPSA) is 97.4 Å². The van der Waals surface area contributed by atoms with E-state index >= 15 is 0 Å². The van der Waals surface area contributed by atoms with Crippen LogP contribution in [0, 0.1) is 0 Å². The van der Waals surface area contributed by atoms with Crippen molar-refractivity contribution in [2.45, 2.75) is 39.1 Å². The molecule has 0 radical (unpaired) electrons. The fourth-order valence-electron chi connectivity index (χ4n) is 1.76. The molecule has 8 nitrogen and oxygen atoms in total. The summed E-state index contributed by atoms with van der Waals surface area (Å²) in [7, 11) is 0. The van der Waals surface area contributed by atoms with Gasteiger partial charge in [0.2, 0.25) is 0 Å². The zero-order chi connectivity index (χ0) is 15.1. The number of carbonyl (C=O) groups excluding carboxylic acids is 3. The fourth-order valence-corrected chi connectivity index (χ4v) is 1.76. The SMILES string of the molecule is CCOC(=O)OCC1OCC(OC(C)=O)C1OC(C)=O. The molecule has 0 spiro atoms. The van der Waals surface area contributed by atoms with Crippen molar-refractivity contribution in [2.24, 2.45) is 0 Å². The van der Waals surface area contributed by atoms with Crippen LogP contribution in [0.15, 0.2) is 0 Å². The lowest BCUT2D eigenvalue weighted by atomic mass is 10.1. The first-order chi connectivity index (χ1) is 9.43. The summed E-state index contributed by atoms with van der Waals surface area (Å²) in [4.78, 5) is 33.1. The quantitative estimate of drug-likeness (QED) is 0.531. The average Bonchev–Trinajstić information content (AvgIpc) is 2.68. The van der Waals surface area contributed by atoms with E-state index in [4.69, 9.17) is 18.9 Å². The highest BCUT2D eigenvalue weighted by Crippen LogP contribution is 2.21. The van der Waals surface area contributed by atoms with Crippen LogP contribution in [0.5, 0.6) is 0 Å². The molecular weight excluding hydrogens is 272 g/mol. The minimum atomic E-state index is -0.839. The Labute approximate surface area is 116 Å². The van der Waals surface area contributed by atoms with E-state index < -0.39 is 36.4 Å². The molecule has 1 rings (SSSR count). The molecule has 0 N–H and O–H groups in total. The number of rotatable bonds is 5. The Morgan fingerprint density at radius 2 is 1.75 bits per heavy atom. The Hall–Kier alpha value is -1.83. The summed E-state index contributed by atoms with van der Waals surface area (Å²) in [6.45, 7) is 4.21. The van der Waals surface area contributed by atoms with Crippen molar-refractivity contribution in [1.29, 1.82) is 0 Å². The van der Waals surface area contributed by atoms with Gasteiger partial charge in [0.25, 0.3) is 0 Å². The second-order valence-corrected chi connectivity index (χ2v) is 4.09. The summed E-state index contributed by atoms with van der Waals surface area (Å²) in [5.74, 6) is -1.05. The van der Waals surface area contributed by atoms with Gasteiger partial charge in [0.05, 0.1) is 13.2 Å². The monoisotopic (exact) mass is 290 g/mol. The Morgan fingerprint density at radius 1 is 1.10 bits per heavy atom. The third kappa shape index (κ3) is 5.04. The van der Waals surface area contributed by atoms with Crippen LogP contribution in [0.4, 0.5) is 4.79 Å². The second kappa shape index (κ2) is 7.68. The number of esters is 2. The van der Waals surface area contributed by atoms with Gasteiger partial charge in [0, 0.05) is 13.8 Å². The lowest BCUT2D eigenvalue weighted by Gasteiger charge is -2.21. The van der Waals surface area contributed by atoms with Crippen LogP contribution >= 0.6 is 0 Å². The molecule has 0 aromatic rings. The van der Waals surface area contributed by atoms with Gasteiger partial charge in [-0.2, -0.15) is 0 Å². The van der Waals surface area contributed by atoms with Crippen molar-refractivity contribution >= 4 is 18.1 Å². The van der Waals surface area contributed by atoms with Crippen LogP contribution in [0.3, 0.4) is 0 Å². The standard InChI is InChI=1S/C12H18O8/c1-4-16-12(15)18-5-9-11(20-8(3)14)10(6-17-9)19-7(2)13/h9-11H,4-6H2,1-3H3. The Morgan fingerprint density at radius 3 is 2.30 bits per heavy atom. The van der Waals surface area contributed by atoms with Crippen molar-refractivity contribution in [1.82, 2.24) is 0 Å². The van der Waals surface area contributed by atoms with E-state index in [2.05, 4.69) is 4.74 Å². The molecule has 0 saturated carbocycles. The van der Waals surface area contributed by atoms with E-state index in [-0.39, 0.29) is 19.8 Å². The van der Waals surface area contributed by atoms with Crippen LogP contribution in [0.2, 0.25) is 0 Å². The zero-order valence-electron chi connectivity index (χ0n) is 11.6. The van der Waals surface area contributed by atoms with Crippen molar-refractivity contribution in [3.63, 3.8) is 0 Å². The molecule has 0 bridgehead atoms. The fraction of sp³-hybridized carbons (Fsp3) is 0.750. The predicted molar refractivity (Wildman–Crippen MR) is 63.8 cm³/mol. The van der Waals surface area contributed by atoms with Crippen molar-refractivity contribution in [3.05, 3.63) is 0 Å². The van der Waals surface area contributed by atoms with Gasteiger partial charge in [-0.25, -0.2) is 4.79 Å². The maximum absolute atomic E-state index is 11.1. The van der Waals surface area contributed by atoms with Gasteiger partial charge < -0.3 is 23.7 Å². The first-order valence-corrected chi connectivity index (χ1v) is 6.19. The highest BCUT2D eigenvalue weighted by atomic mass is 16.7. The van der Waals surface area contributed by atoms with E-state index in [1.165, 1.54) is 13.8 Å². The zero-order valence-corrected chi connectivity index (χ0v) is 11.6. The Balaban J connectivity index is 2.57. The van der Waals surface area contributed by atoms with E-state index in [1.54, 1.807) is 6.92 Å². The van der Waals surface area contributed by atoms with Crippen molar-refractivity contribution in [3.8, 4) is 0 Å². The average molecular weight is 290 g/mol. The van der Waals surface area contributed by atoms with Gasteiger partial charge in [-0.1, -0.05) is 0 Å². The summed E-state index contributed by atoms with van der Waals surface area (Å²) in [6.07, 6.45) is -3.07. The van der Waals surface area contributed by atoms with Crippen LogP contribution in [0.25, 0.3) is 0 Å². The van der Waals surface area contributed by atoms with Gasteiger partial charge in [-0.05, 0) is 6.92 Å². The normalized spacial score (nSPS) is 24.9. The minimum absolute atomic E-state index is 0.0639. The van der Waals surface area contributed by atoms with Crippen LogP contribution in [0.1, 0.15) is 20.8 Å². The molecule has 1 fully saturated rings. The number of hydrogen-bond acceptors (Lipinski definition) is 8. The molecule has 114 valence electrons. The molecule has 0 amide bonds. The summed E-state index contributed by atoms with van der Waals surface area (Å²) in [5.41, 5.74) is 0. The predicted octanol–water partition coefficient (Wildman–Crippen LogP) is 0.422. The molecule has 1 saturated heterocycles. The summed E-state index contributed by atoms with van der Waals surface area (Å²) < 4.78 is 24.8. The van der Waals surface area contributed by atoms with Gasteiger partial charge in [-0.3, -0.25) is 9.59 Å². The summed E-state index contributed by atoms with van der Waals surface area (Å²) >= 11 is 0. The maximum atomic E-state index is 11.1. The van der Waals surface area contributed by atoms with Crippen molar-refractivity contribution < 1.29 is 38.1 Å². The van der Waals surface area contributed by atoms with Gasteiger partial charge in [-0.15, -0.1) is 0 Å². The smallest absolute Gasteiger partial charge is 0.456 e. The molecular formula is C12H18O8. The Bertz CT molecular complexity index is 366. The minimum Gasteiger partial charge on any atom is -0.456 e. The first-order valence-electron chi connectivity index (χ1n) is 6.19.